The van der Waals surface area contributed by atoms with Crippen LogP contribution >= 0.6 is 0 Å². The van der Waals surface area contributed by atoms with Crippen LogP contribution in [0.3, 0.4) is 0 Å². The minimum Gasteiger partial charge on any atom is -0.369 e. The number of hydrogen-bond acceptors (Lipinski definition) is 6. The van der Waals surface area contributed by atoms with E-state index in [1.165, 1.54) is 11.6 Å². The highest BCUT2D eigenvalue weighted by atomic mass is 19.1. The Bertz CT molecular complexity index is 1680. The SMILES string of the molecule is CC.Cc1ccc(N2CCCC(N(Cc3ccnc(C)c3)Cc3cn(C4CC4)c4cc(N5CCCC5)c(F)cc4c3=O)C2)cn1. The molecule has 45 heavy (non-hydrogen) atoms. The molecule has 2 saturated heterocycles. The Morgan fingerprint density at radius 2 is 1.67 bits per heavy atom. The highest BCUT2D eigenvalue weighted by molar-refractivity contribution is 5.84. The molecule has 5 heterocycles. The Morgan fingerprint density at radius 1 is 0.889 bits per heavy atom. The molecule has 1 unspecified atom stereocenters. The second-order valence-corrected chi connectivity index (χ2v) is 12.7. The number of halogens is 1. The molecule has 0 bridgehead atoms. The summed E-state index contributed by atoms with van der Waals surface area (Å²) in [6, 6.07) is 12.5. The highest BCUT2D eigenvalue weighted by Crippen LogP contribution is 2.38. The van der Waals surface area contributed by atoms with Crippen LogP contribution < -0.4 is 15.2 Å². The van der Waals surface area contributed by atoms with Gasteiger partial charge < -0.3 is 14.4 Å². The average molecular weight is 611 g/mol. The van der Waals surface area contributed by atoms with Gasteiger partial charge in [0.25, 0.3) is 0 Å². The first kappa shape index (κ1) is 31.2. The molecular weight excluding hydrogens is 563 g/mol. The molecule has 3 aromatic heterocycles. The minimum absolute atomic E-state index is 0.0509. The predicted molar refractivity (Wildman–Crippen MR) is 182 cm³/mol. The minimum atomic E-state index is -0.287. The van der Waals surface area contributed by atoms with Crippen LogP contribution in [0.15, 0.2) is 59.8 Å². The summed E-state index contributed by atoms with van der Waals surface area (Å²) in [6.07, 6.45) is 12.4. The van der Waals surface area contributed by atoms with Crippen LogP contribution in [0.2, 0.25) is 0 Å². The lowest BCUT2D eigenvalue weighted by Gasteiger charge is -2.40. The van der Waals surface area contributed by atoms with Gasteiger partial charge in [0, 0.05) is 86.1 Å². The molecule has 2 aliphatic heterocycles. The molecule has 8 heteroatoms. The van der Waals surface area contributed by atoms with Crippen molar-refractivity contribution in [3.8, 4) is 0 Å². The summed E-state index contributed by atoms with van der Waals surface area (Å²) < 4.78 is 17.8. The number of aromatic nitrogens is 3. The Morgan fingerprint density at radius 3 is 2.38 bits per heavy atom. The molecule has 0 spiro atoms. The van der Waals surface area contributed by atoms with Crippen molar-refractivity contribution in [1.29, 1.82) is 0 Å². The number of anilines is 2. The maximum absolute atomic E-state index is 15.5. The first-order valence-corrected chi connectivity index (χ1v) is 16.9. The van der Waals surface area contributed by atoms with Gasteiger partial charge in [-0.25, -0.2) is 4.39 Å². The van der Waals surface area contributed by atoms with Crippen molar-refractivity contribution in [2.45, 2.75) is 91.4 Å². The van der Waals surface area contributed by atoms with Gasteiger partial charge in [0.1, 0.15) is 5.82 Å². The second kappa shape index (κ2) is 13.7. The number of aryl methyl sites for hydroxylation is 2. The number of rotatable bonds is 8. The van der Waals surface area contributed by atoms with E-state index in [-0.39, 0.29) is 17.3 Å². The fraction of sp³-hybridized carbons (Fsp3) is 0.486. The van der Waals surface area contributed by atoms with E-state index in [2.05, 4.69) is 59.7 Å². The van der Waals surface area contributed by atoms with E-state index >= 15 is 4.39 Å². The number of nitrogens with zero attached hydrogens (tertiary/aromatic N) is 6. The van der Waals surface area contributed by atoms with Crippen molar-refractivity contribution in [1.82, 2.24) is 19.4 Å². The van der Waals surface area contributed by atoms with Crippen LogP contribution in [0.1, 0.15) is 80.9 Å². The summed E-state index contributed by atoms with van der Waals surface area (Å²) in [5.74, 6) is -0.287. The van der Waals surface area contributed by atoms with Crippen molar-refractivity contribution in [2.24, 2.45) is 0 Å². The van der Waals surface area contributed by atoms with Gasteiger partial charge in [0.05, 0.1) is 23.1 Å². The number of pyridine rings is 3. The van der Waals surface area contributed by atoms with Gasteiger partial charge in [-0.2, -0.15) is 0 Å². The monoisotopic (exact) mass is 610 g/mol. The van der Waals surface area contributed by atoms with E-state index in [0.29, 0.717) is 23.7 Å². The summed E-state index contributed by atoms with van der Waals surface area (Å²) in [5, 5.41) is 0.501. The fourth-order valence-corrected chi connectivity index (χ4v) is 6.99. The smallest absolute Gasteiger partial charge is 0.193 e. The molecule has 0 radical (unpaired) electrons. The molecule has 1 aliphatic carbocycles. The fourth-order valence-electron chi connectivity index (χ4n) is 6.99. The Balaban J connectivity index is 0.00000175. The van der Waals surface area contributed by atoms with Gasteiger partial charge in [0.2, 0.25) is 0 Å². The van der Waals surface area contributed by atoms with Gasteiger partial charge >= 0.3 is 0 Å². The predicted octanol–water partition coefficient (Wildman–Crippen LogP) is 7.18. The van der Waals surface area contributed by atoms with Crippen LogP contribution in [0.5, 0.6) is 0 Å². The van der Waals surface area contributed by atoms with E-state index < -0.39 is 0 Å². The van der Waals surface area contributed by atoms with E-state index in [9.17, 15) is 4.79 Å². The molecule has 3 fully saturated rings. The molecule has 0 amide bonds. The zero-order chi connectivity index (χ0) is 31.5. The van der Waals surface area contributed by atoms with Crippen LogP contribution in [-0.2, 0) is 13.1 Å². The molecule has 4 aromatic rings. The summed E-state index contributed by atoms with van der Waals surface area (Å²) >= 11 is 0. The maximum Gasteiger partial charge on any atom is 0.193 e. The Kier molecular flexibility index (Phi) is 9.50. The van der Waals surface area contributed by atoms with Gasteiger partial charge in [-0.15, -0.1) is 0 Å². The van der Waals surface area contributed by atoms with E-state index in [4.69, 9.17) is 0 Å². The van der Waals surface area contributed by atoms with Gasteiger partial charge in [0.15, 0.2) is 5.43 Å². The van der Waals surface area contributed by atoms with Gasteiger partial charge in [-0.3, -0.25) is 19.7 Å². The molecule has 1 atom stereocenters. The van der Waals surface area contributed by atoms with E-state index in [1.807, 2.05) is 46.2 Å². The number of benzene rings is 1. The number of fused-ring (bicyclic) bond motifs is 1. The lowest BCUT2D eigenvalue weighted by Crippen LogP contribution is -2.48. The molecule has 7 nitrogen and oxygen atoms in total. The number of piperidine rings is 1. The third kappa shape index (κ3) is 6.91. The first-order chi connectivity index (χ1) is 21.9. The second-order valence-electron chi connectivity index (χ2n) is 12.7. The van der Waals surface area contributed by atoms with Gasteiger partial charge in [-0.05, 0) is 94.3 Å². The summed E-state index contributed by atoms with van der Waals surface area (Å²) in [5.41, 5.74) is 6.52. The van der Waals surface area contributed by atoms with Crippen LogP contribution in [0, 0.1) is 19.7 Å². The van der Waals surface area contributed by atoms with Gasteiger partial charge in [-0.1, -0.05) is 13.8 Å². The Labute approximate surface area is 266 Å². The summed E-state index contributed by atoms with van der Waals surface area (Å²) in [6.45, 7) is 12.9. The maximum atomic E-state index is 15.5. The molecule has 3 aliphatic rings. The highest BCUT2D eigenvalue weighted by Gasteiger charge is 2.30. The molecule has 7 rings (SSSR count). The zero-order valence-corrected chi connectivity index (χ0v) is 27.3. The van der Waals surface area contributed by atoms with E-state index in [0.717, 1.165) is 99.4 Å². The zero-order valence-electron chi connectivity index (χ0n) is 27.3. The van der Waals surface area contributed by atoms with Crippen LogP contribution in [0.25, 0.3) is 10.9 Å². The van der Waals surface area contributed by atoms with Crippen LogP contribution in [0.4, 0.5) is 15.8 Å². The van der Waals surface area contributed by atoms with Crippen molar-refractivity contribution in [3.63, 3.8) is 0 Å². The van der Waals surface area contributed by atoms with Crippen molar-refractivity contribution in [2.75, 3.05) is 36.0 Å². The first-order valence-electron chi connectivity index (χ1n) is 16.9. The molecule has 1 saturated carbocycles. The summed E-state index contributed by atoms with van der Waals surface area (Å²) in [4.78, 5) is 30.1. The number of hydrogen-bond donors (Lipinski definition) is 0. The van der Waals surface area contributed by atoms with E-state index in [1.54, 1.807) is 0 Å². The summed E-state index contributed by atoms with van der Waals surface area (Å²) in [7, 11) is 0. The molecule has 1 aromatic carbocycles. The Hall–Kier alpha value is -3.78. The van der Waals surface area contributed by atoms with Crippen molar-refractivity contribution in [3.05, 3.63) is 93.5 Å². The van der Waals surface area contributed by atoms with Crippen molar-refractivity contribution >= 4 is 22.3 Å². The third-order valence-electron chi connectivity index (χ3n) is 9.46. The molecule has 0 N–H and O–H groups in total. The lowest BCUT2D eigenvalue weighted by atomic mass is 10.0. The third-order valence-corrected chi connectivity index (χ3v) is 9.46. The molecule has 238 valence electrons. The largest absolute Gasteiger partial charge is 0.369 e. The topological polar surface area (TPSA) is 57.5 Å². The average Bonchev–Trinajstić information content (AvgIpc) is 3.76. The molecular formula is C37H47FN6O. The van der Waals surface area contributed by atoms with Crippen molar-refractivity contribution < 1.29 is 4.39 Å². The quantitative estimate of drug-likeness (QED) is 0.211. The normalized spacial score (nSPS) is 18.4. The standard InChI is InChI=1S/C35H41FN6O.C2H6/c1-24-7-8-29(19-38-24)40-15-5-6-30(23-40)41(20-26-11-12-37-25(2)16-26)21-27-22-42(28-9-10-28)33-18-34(39-13-3-4-14-39)32(36)17-31(33)35(27)43;1-2/h7-8,11-12,16-19,22,28,30H,3-6,9-10,13-15,20-21,23H2,1-2H3;1-2H3. The van der Waals surface area contributed by atoms with Crippen LogP contribution in [-0.4, -0.2) is 51.7 Å². The lowest BCUT2D eigenvalue weighted by molar-refractivity contribution is 0.158.